The van der Waals surface area contributed by atoms with Gasteiger partial charge in [0.25, 0.3) is 0 Å². The molecule has 0 bridgehead atoms. The molecule has 0 saturated carbocycles. The van der Waals surface area contributed by atoms with Crippen LogP contribution in [0.3, 0.4) is 0 Å². The number of carbonyl (C=O) groups is 2. The van der Waals surface area contributed by atoms with Gasteiger partial charge in [-0.05, 0) is 26.1 Å². The lowest BCUT2D eigenvalue weighted by Crippen LogP contribution is -2.52. The van der Waals surface area contributed by atoms with Gasteiger partial charge in [0.2, 0.25) is 5.91 Å². The van der Waals surface area contributed by atoms with Crippen molar-refractivity contribution >= 4 is 17.6 Å². The smallest absolute Gasteiger partial charge is 0.317 e. The highest BCUT2D eigenvalue weighted by Crippen LogP contribution is 2.22. The largest absolute Gasteiger partial charge is 0.333 e. The standard InChI is InChI=1S/C17H24N4O2/c1-13-3-5-15(6-4-13)21-12-14(11-16(21)22)18-17(23)20-9-7-19(2)8-10-20/h3-6,14H,7-12H2,1-2H3,(H,18,23). The summed E-state index contributed by atoms with van der Waals surface area (Å²) in [5, 5.41) is 3.01. The molecule has 0 aromatic heterocycles. The van der Waals surface area contributed by atoms with Crippen LogP contribution in [0.4, 0.5) is 10.5 Å². The number of aryl methyl sites for hydroxylation is 1. The molecule has 0 aliphatic carbocycles. The number of nitrogens with zero attached hydrogens (tertiary/aromatic N) is 3. The summed E-state index contributed by atoms with van der Waals surface area (Å²) in [6.07, 6.45) is 0.368. The van der Waals surface area contributed by atoms with Crippen molar-refractivity contribution in [3.63, 3.8) is 0 Å². The molecule has 1 unspecified atom stereocenters. The topological polar surface area (TPSA) is 55.9 Å². The number of hydrogen-bond acceptors (Lipinski definition) is 3. The van der Waals surface area contributed by atoms with Gasteiger partial charge in [0.15, 0.2) is 0 Å². The first kappa shape index (κ1) is 15.8. The molecule has 124 valence electrons. The normalized spacial score (nSPS) is 22.5. The predicted molar refractivity (Wildman–Crippen MR) is 89.5 cm³/mol. The summed E-state index contributed by atoms with van der Waals surface area (Å²) in [6.45, 7) is 5.84. The Morgan fingerprint density at radius 3 is 2.43 bits per heavy atom. The molecule has 6 heteroatoms. The van der Waals surface area contributed by atoms with E-state index in [-0.39, 0.29) is 18.0 Å². The molecular weight excluding hydrogens is 292 g/mol. The predicted octanol–water partition coefficient (Wildman–Crippen LogP) is 1.06. The van der Waals surface area contributed by atoms with Crippen LogP contribution in [0.2, 0.25) is 0 Å². The van der Waals surface area contributed by atoms with Crippen LogP contribution < -0.4 is 10.2 Å². The molecule has 0 spiro atoms. The van der Waals surface area contributed by atoms with Crippen molar-refractivity contribution in [3.05, 3.63) is 29.8 Å². The number of hydrogen-bond donors (Lipinski definition) is 1. The van der Waals surface area contributed by atoms with E-state index in [4.69, 9.17) is 0 Å². The lowest BCUT2D eigenvalue weighted by molar-refractivity contribution is -0.117. The molecule has 0 radical (unpaired) electrons. The van der Waals surface area contributed by atoms with E-state index < -0.39 is 0 Å². The Morgan fingerprint density at radius 2 is 1.78 bits per heavy atom. The summed E-state index contributed by atoms with van der Waals surface area (Å²) >= 11 is 0. The Kier molecular flexibility index (Phi) is 4.52. The zero-order valence-electron chi connectivity index (χ0n) is 13.8. The van der Waals surface area contributed by atoms with Gasteiger partial charge < -0.3 is 20.0 Å². The van der Waals surface area contributed by atoms with E-state index in [1.165, 1.54) is 5.56 Å². The molecule has 2 aliphatic heterocycles. The van der Waals surface area contributed by atoms with Crippen molar-refractivity contribution in [1.29, 1.82) is 0 Å². The lowest BCUT2D eigenvalue weighted by atomic mass is 10.2. The number of likely N-dealkylation sites (N-methyl/N-ethyl adjacent to an activating group) is 1. The number of nitrogens with one attached hydrogen (secondary N) is 1. The van der Waals surface area contributed by atoms with Gasteiger partial charge in [-0.25, -0.2) is 4.79 Å². The van der Waals surface area contributed by atoms with E-state index in [1.54, 1.807) is 4.90 Å². The number of amides is 3. The average molecular weight is 316 g/mol. The molecule has 3 amide bonds. The van der Waals surface area contributed by atoms with Gasteiger partial charge in [-0.15, -0.1) is 0 Å². The molecule has 2 saturated heterocycles. The SMILES string of the molecule is Cc1ccc(N2CC(NC(=O)N3CCN(C)CC3)CC2=O)cc1. The Hall–Kier alpha value is -2.08. The number of benzene rings is 1. The molecule has 1 atom stereocenters. The summed E-state index contributed by atoms with van der Waals surface area (Å²) in [4.78, 5) is 30.3. The first-order valence-corrected chi connectivity index (χ1v) is 8.14. The summed E-state index contributed by atoms with van der Waals surface area (Å²) in [7, 11) is 2.06. The van der Waals surface area contributed by atoms with Crippen LogP contribution in [0.5, 0.6) is 0 Å². The first-order chi connectivity index (χ1) is 11.0. The fourth-order valence-corrected chi connectivity index (χ4v) is 3.05. The summed E-state index contributed by atoms with van der Waals surface area (Å²) < 4.78 is 0. The summed E-state index contributed by atoms with van der Waals surface area (Å²) in [5.74, 6) is 0.0672. The van der Waals surface area contributed by atoms with Crippen LogP contribution in [0, 0.1) is 6.92 Å². The second kappa shape index (κ2) is 6.58. The van der Waals surface area contributed by atoms with E-state index in [9.17, 15) is 9.59 Å². The molecule has 3 rings (SSSR count). The maximum atomic E-state index is 12.3. The minimum Gasteiger partial charge on any atom is -0.333 e. The van der Waals surface area contributed by atoms with Crippen molar-refractivity contribution in [2.75, 3.05) is 44.7 Å². The van der Waals surface area contributed by atoms with Gasteiger partial charge >= 0.3 is 6.03 Å². The Morgan fingerprint density at radius 1 is 1.13 bits per heavy atom. The molecule has 1 aromatic rings. The van der Waals surface area contributed by atoms with Crippen LogP contribution in [0.25, 0.3) is 0 Å². The van der Waals surface area contributed by atoms with E-state index in [0.29, 0.717) is 13.0 Å². The van der Waals surface area contributed by atoms with Gasteiger partial charge in [-0.2, -0.15) is 0 Å². The maximum Gasteiger partial charge on any atom is 0.317 e. The van der Waals surface area contributed by atoms with Crippen molar-refractivity contribution in [2.24, 2.45) is 0 Å². The van der Waals surface area contributed by atoms with Crippen molar-refractivity contribution in [2.45, 2.75) is 19.4 Å². The second-order valence-corrected chi connectivity index (χ2v) is 6.48. The zero-order chi connectivity index (χ0) is 16.4. The van der Waals surface area contributed by atoms with Gasteiger partial charge in [-0.1, -0.05) is 17.7 Å². The lowest BCUT2D eigenvalue weighted by Gasteiger charge is -2.33. The first-order valence-electron chi connectivity index (χ1n) is 8.14. The molecule has 23 heavy (non-hydrogen) atoms. The number of carbonyl (C=O) groups excluding carboxylic acids is 2. The van der Waals surface area contributed by atoms with Crippen LogP contribution in [0.1, 0.15) is 12.0 Å². The third-order valence-corrected chi connectivity index (χ3v) is 4.59. The number of urea groups is 1. The molecular formula is C17H24N4O2. The number of anilines is 1. The van der Waals surface area contributed by atoms with Crippen molar-refractivity contribution in [1.82, 2.24) is 15.1 Å². The van der Waals surface area contributed by atoms with Crippen LogP contribution >= 0.6 is 0 Å². The molecule has 6 nitrogen and oxygen atoms in total. The number of rotatable bonds is 2. The van der Waals surface area contributed by atoms with Crippen LogP contribution in [0.15, 0.2) is 24.3 Å². The maximum absolute atomic E-state index is 12.3. The highest BCUT2D eigenvalue weighted by atomic mass is 16.2. The van der Waals surface area contributed by atoms with E-state index in [0.717, 1.165) is 31.9 Å². The highest BCUT2D eigenvalue weighted by molar-refractivity contribution is 5.96. The van der Waals surface area contributed by atoms with Gasteiger partial charge in [-0.3, -0.25) is 4.79 Å². The molecule has 2 fully saturated rings. The average Bonchev–Trinajstić information content (AvgIpc) is 2.89. The molecule has 1 N–H and O–H groups in total. The monoisotopic (exact) mass is 316 g/mol. The fourth-order valence-electron chi connectivity index (χ4n) is 3.05. The van der Waals surface area contributed by atoms with E-state index in [2.05, 4.69) is 17.3 Å². The summed E-state index contributed by atoms with van der Waals surface area (Å²) in [6, 6.07) is 7.74. The quantitative estimate of drug-likeness (QED) is 0.887. The third kappa shape index (κ3) is 3.64. The highest BCUT2D eigenvalue weighted by Gasteiger charge is 2.32. The van der Waals surface area contributed by atoms with E-state index in [1.807, 2.05) is 36.1 Å². The Balaban J connectivity index is 1.57. The zero-order valence-corrected chi connectivity index (χ0v) is 13.8. The molecule has 2 aliphatic rings. The minimum absolute atomic E-state index is 0.0540. The van der Waals surface area contributed by atoms with Crippen LogP contribution in [-0.2, 0) is 4.79 Å². The molecule has 1 aromatic carbocycles. The number of piperazine rings is 1. The Labute approximate surface area is 137 Å². The summed E-state index contributed by atoms with van der Waals surface area (Å²) in [5.41, 5.74) is 2.07. The third-order valence-electron chi connectivity index (χ3n) is 4.59. The van der Waals surface area contributed by atoms with Gasteiger partial charge in [0, 0.05) is 44.8 Å². The van der Waals surface area contributed by atoms with E-state index >= 15 is 0 Å². The van der Waals surface area contributed by atoms with Crippen molar-refractivity contribution in [3.8, 4) is 0 Å². The fraction of sp³-hybridized carbons (Fsp3) is 0.529. The molecule has 2 heterocycles. The van der Waals surface area contributed by atoms with Gasteiger partial charge in [0.1, 0.15) is 0 Å². The van der Waals surface area contributed by atoms with Crippen LogP contribution in [-0.4, -0.2) is 67.6 Å². The van der Waals surface area contributed by atoms with Gasteiger partial charge in [0.05, 0.1) is 6.04 Å². The Bertz CT molecular complexity index is 579. The van der Waals surface area contributed by atoms with Crippen molar-refractivity contribution < 1.29 is 9.59 Å². The minimum atomic E-state index is -0.115. The second-order valence-electron chi connectivity index (χ2n) is 6.48.